The molecule has 6 heteroatoms. The Morgan fingerprint density at radius 3 is 2.94 bits per heavy atom. The SMILES string of the molecule is CSCC(CCO)Nc1cccc(C(=O)O)n1. The summed E-state index contributed by atoms with van der Waals surface area (Å²) in [5, 5.41) is 20.9. The number of carboxylic acid groups (broad SMARTS) is 1. The van der Waals surface area contributed by atoms with E-state index >= 15 is 0 Å². The molecule has 0 aliphatic carbocycles. The number of nitrogens with one attached hydrogen (secondary N) is 1. The smallest absolute Gasteiger partial charge is 0.354 e. The van der Waals surface area contributed by atoms with Crippen molar-refractivity contribution < 1.29 is 15.0 Å². The maximum atomic E-state index is 10.8. The molecule has 0 bridgehead atoms. The normalized spacial score (nSPS) is 12.1. The van der Waals surface area contributed by atoms with Gasteiger partial charge in [0.15, 0.2) is 5.69 Å². The zero-order valence-corrected chi connectivity index (χ0v) is 10.4. The quantitative estimate of drug-likeness (QED) is 0.682. The van der Waals surface area contributed by atoms with E-state index in [2.05, 4.69) is 10.3 Å². The number of pyridine rings is 1. The minimum absolute atomic E-state index is 0.0156. The van der Waals surface area contributed by atoms with E-state index in [4.69, 9.17) is 10.2 Å². The van der Waals surface area contributed by atoms with Crippen LogP contribution in [0, 0.1) is 0 Å². The summed E-state index contributed by atoms with van der Waals surface area (Å²) in [6.07, 6.45) is 2.59. The highest BCUT2D eigenvalue weighted by molar-refractivity contribution is 7.98. The highest BCUT2D eigenvalue weighted by Crippen LogP contribution is 2.11. The highest BCUT2D eigenvalue weighted by atomic mass is 32.2. The zero-order valence-electron chi connectivity index (χ0n) is 9.59. The van der Waals surface area contributed by atoms with Crippen LogP contribution >= 0.6 is 11.8 Å². The molecule has 0 saturated carbocycles. The van der Waals surface area contributed by atoms with Gasteiger partial charge in [0.1, 0.15) is 5.82 Å². The van der Waals surface area contributed by atoms with E-state index < -0.39 is 5.97 Å². The lowest BCUT2D eigenvalue weighted by Crippen LogP contribution is -2.24. The van der Waals surface area contributed by atoms with Gasteiger partial charge in [0.2, 0.25) is 0 Å². The van der Waals surface area contributed by atoms with Crippen LogP contribution in [0.4, 0.5) is 5.82 Å². The first-order valence-electron chi connectivity index (χ1n) is 5.24. The molecule has 17 heavy (non-hydrogen) atoms. The molecular formula is C11H16N2O3S. The Morgan fingerprint density at radius 1 is 1.59 bits per heavy atom. The number of thioether (sulfide) groups is 1. The fourth-order valence-corrected chi connectivity index (χ4v) is 2.05. The topological polar surface area (TPSA) is 82.5 Å². The number of nitrogens with zero attached hydrogens (tertiary/aromatic N) is 1. The molecule has 1 aromatic heterocycles. The number of aliphatic hydroxyl groups is 1. The summed E-state index contributed by atoms with van der Waals surface area (Å²) >= 11 is 1.66. The van der Waals surface area contributed by atoms with E-state index in [1.54, 1.807) is 23.9 Å². The number of carboxylic acids is 1. The molecule has 1 heterocycles. The fourth-order valence-electron chi connectivity index (χ4n) is 1.40. The summed E-state index contributed by atoms with van der Waals surface area (Å²) < 4.78 is 0. The number of aromatic carboxylic acids is 1. The second-order valence-corrected chi connectivity index (χ2v) is 4.43. The first-order valence-corrected chi connectivity index (χ1v) is 6.63. The monoisotopic (exact) mass is 256 g/mol. The highest BCUT2D eigenvalue weighted by Gasteiger charge is 2.10. The van der Waals surface area contributed by atoms with Gasteiger partial charge in [-0.3, -0.25) is 0 Å². The van der Waals surface area contributed by atoms with Crippen molar-refractivity contribution in [1.29, 1.82) is 0 Å². The molecule has 0 radical (unpaired) electrons. The molecule has 1 aromatic rings. The van der Waals surface area contributed by atoms with Crippen molar-refractivity contribution in [2.75, 3.05) is 23.9 Å². The van der Waals surface area contributed by atoms with E-state index in [1.807, 2.05) is 6.26 Å². The van der Waals surface area contributed by atoms with Crippen molar-refractivity contribution in [3.05, 3.63) is 23.9 Å². The average Bonchev–Trinajstić information content (AvgIpc) is 2.30. The number of hydrogen-bond donors (Lipinski definition) is 3. The Hall–Kier alpha value is -1.27. The van der Waals surface area contributed by atoms with Gasteiger partial charge in [-0.25, -0.2) is 9.78 Å². The second-order valence-electron chi connectivity index (χ2n) is 3.52. The van der Waals surface area contributed by atoms with Crippen LogP contribution in [-0.4, -0.2) is 45.8 Å². The molecule has 0 aromatic carbocycles. The predicted molar refractivity (Wildman–Crippen MR) is 68.7 cm³/mol. The fraction of sp³-hybridized carbons (Fsp3) is 0.455. The Morgan fingerprint density at radius 2 is 2.35 bits per heavy atom. The molecule has 0 amide bonds. The van der Waals surface area contributed by atoms with Gasteiger partial charge in [-0.05, 0) is 24.8 Å². The molecule has 1 rings (SSSR count). The summed E-state index contributed by atoms with van der Waals surface area (Å²) in [4.78, 5) is 14.7. The third kappa shape index (κ3) is 4.62. The lowest BCUT2D eigenvalue weighted by Gasteiger charge is -2.17. The van der Waals surface area contributed by atoms with E-state index in [-0.39, 0.29) is 18.3 Å². The molecular weight excluding hydrogens is 240 g/mol. The maximum Gasteiger partial charge on any atom is 0.354 e. The summed E-state index contributed by atoms with van der Waals surface area (Å²) in [6, 6.07) is 4.90. The molecule has 1 atom stereocenters. The number of rotatable bonds is 7. The molecule has 3 N–H and O–H groups in total. The van der Waals surface area contributed by atoms with Crippen LogP contribution in [0.15, 0.2) is 18.2 Å². The first kappa shape index (κ1) is 13.8. The van der Waals surface area contributed by atoms with Gasteiger partial charge in [0.05, 0.1) is 0 Å². The van der Waals surface area contributed by atoms with Crippen LogP contribution in [0.5, 0.6) is 0 Å². The van der Waals surface area contributed by atoms with Crippen molar-refractivity contribution >= 4 is 23.5 Å². The lowest BCUT2D eigenvalue weighted by atomic mass is 10.2. The van der Waals surface area contributed by atoms with Gasteiger partial charge in [-0.15, -0.1) is 0 Å². The molecule has 0 spiro atoms. The third-order valence-electron chi connectivity index (χ3n) is 2.17. The standard InChI is InChI=1S/C11H16N2O3S/c1-17-7-8(5-6-14)12-10-4-2-3-9(13-10)11(15)16/h2-4,8,14H,5-7H2,1H3,(H,12,13)(H,15,16). The van der Waals surface area contributed by atoms with Gasteiger partial charge in [-0.1, -0.05) is 6.07 Å². The van der Waals surface area contributed by atoms with Gasteiger partial charge in [0, 0.05) is 18.4 Å². The van der Waals surface area contributed by atoms with Crippen molar-refractivity contribution in [2.24, 2.45) is 0 Å². The summed E-state index contributed by atoms with van der Waals surface area (Å²) in [5.41, 5.74) is 0.0156. The van der Waals surface area contributed by atoms with E-state index in [0.29, 0.717) is 12.2 Å². The maximum absolute atomic E-state index is 10.8. The van der Waals surface area contributed by atoms with E-state index in [9.17, 15) is 4.79 Å². The number of aromatic nitrogens is 1. The molecule has 94 valence electrons. The molecule has 0 fully saturated rings. The lowest BCUT2D eigenvalue weighted by molar-refractivity contribution is 0.0690. The van der Waals surface area contributed by atoms with E-state index in [0.717, 1.165) is 5.75 Å². The van der Waals surface area contributed by atoms with Crippen LogP contribution in [0.25, 0.3) is 0 Å². The molecule has 5 nitrogen and oxygen atoms in total. The molecule has 0 saturated heterocycles. The number of anilines is 1. The Bertz CT molecular complexity index is 367. The number of hydrogen-bond acceptors (Lipinski definition) is 5. The molecule has 0 aliphatic rings. The average molecular weight is 256 g/mol. The predicted octanol–water partition coefficient (Wildman–Crippen LogP) is 1.31. The van der Waals surface area contributed by atoms with Gasteiger partial charge < -0.3 is 15.5 Å². The van der Waals surface area contributed by atoms with Gasteiger partial charge in [-0.2, -0.15) is 11.8 Å². The van der Waals surface area contributed by atoms with Crippen LogP contribution in [0.1, 0.15) is 16.9 Å². The Balaban J connectivity index is 2.71. The van der Waals surface area contributed by atoms with E-state index in [1.165, 1.54) is 6.07 Å². The summed E-state index contributed by atoms with van der Waals surface area (Å²) in [7, 11) is 0. The molecule has 0 aliphatic heterocycles. The largest absolute Gasteiger partial charge is 0.477 e. The van der Waals surface area contributed by atoms with Crippen molar-refractivity contribution in [3.8, 4) is 0 Å². The number of aliphatic hydroxyl groups excluding tert-OH is 1. The van der Waals surface area contributed by atoms with Crippen molar-refractivity contribution in [3.63, 3.8) is 0 Å². The first-order chi connectivity index (χ1) is 8.17. The zero-order chi connectivity index (χ0) is 12.7. The minimum atomic E-state index is -1.04. The van der Waals surface area contributed by atoms with Crippen molar-refractivity contribution in [2.45, 2.75) is 12.5 Å². The Labute approximate surface area is 104 Å². The third-order valence-corrected chi connectivity index (χ3v) is 2.90. The summed E-state index contributed by atoms with van der Waals surface area (Å²) in [6.45, 7) is 0.0941. The van der Waals surface area contributed by atoms with Crippen LogP contribution in [0.3, 0.4) is 0 Å². The van der Waals surface area contributed by atoms with Crippen LogP contribution in [-0.2, 0) is 0 Å². The van der Waals surface area contributed by atoms with Crippen LogP contribution < -0.4 is 5.32 Å². The summed E-state index contributed by atoms with van der Waals surface area (Å²) in [5.74, 6) is 0.314. The minimum Gasteiger partial charge on any atom is -0.477 e. The number of carbonyl (C=O) groups is 1. The molecule has 1 unspecified atom stereocenters. The van der Waals surface area contributed by atoms with Crippen LogP contribution in [0.2, 0.25) is 0 Å². The van der Waals surface area contributed by atoms with Gasteiger partial charge in [0.25, 0.3) is 0 Å². The second kappa shape index (κ2) is 7.13. The Kier molecular flexibility index (Phi) is 5.79. The van der Waals surface area contributed by atoms with Gasteiger partial charge >= 0.3 is 5.97 Å². The van der Waals surface area contributed by atoms with Crippen molar-refractivity contribution in [1.82, 2.24) is 4.98 Å².